The highest BCUT2D eigenvalue weighted by Crippen LogP contribution is 1.91. The molecule has 15 heavy (non-hydrogen) atoms. The number of nitrogens with one attached hydrogen (secondary N) is 1. The Morgan fingerprint density at radius 2 is 2.07 bits per heavy atom. The lowest BCUT2D eigenvalue weighted by atomic mass is 10.5. The van der Waals surface area contributed by atoms with Crippen LogP contribution in [0.25, 0.3) is 0 Å². The Labute approximate surface area is 85.7 Å². The zero-order valence-corrected chi connectivity index (χ0v) is 8.29. The topological polar surface area (TPSA) is 64.6 Å². The van der Waals surface area contributed by atoms with Gasteiger partial charge in [0, 0.05) is 6.54 Å². The predicted octanol–water partition coefficient (Wildman–Crippen LogP) is -0.0526. The zero-order chi connectivity index (χ0) is 11.7. The quantitative estimate of drug-likeness (QED) is 0.391. The van der Waals surface area contributed by atoms with Crippen LogP contribution in [0.4, 0.5) is 8.78 Å². The van der Waals surface area contributed by atoms with Crippen LogP contribution in [-0.2, 0) is 19.1 Å². The number of hydrogen-bond acceptors (Lipinski definition) is 4. The van der Waals surface area contributed by atoms with Gasteiger partial charge in [-0.15, -0.1) is 0 Å². The van der Waals surface area contributed by atoms with E-state index in [2.05, 4.69) is 14.8 Å². The van der Waals surface area contributed by atoms with E-state index in [0.29, 0.717) is 0 Å². The lowest BCUT2D eigenvalue weighted by Gasteiger charge is -2.05. The molecule has 0 radical (unpaired) electrons. The average Bonchev–Trinajstić information content (AvgIpc) is 2.16. The number of esters is 1. The number of rotatable bonds is 6. The van der Waals surface area contributed by atoms with Crippen LogP contribution in [0, 0.1) is 0 Å². The van der Waals surface area contributed by atoms with E-state index in [1.54, 1.807) is 6.92 Å². The highest BCUT2D eigenvalue weighted by atomic mass is 19.3. The first-order valence-electron chi connectivity index (χ1n) is 4.38. The fraction of sp³-hybridized carbons (Fsp3) is 0.750. The highest BCUT2D eigenvalue weighted by Gasteiger charge is 2.13. The van der Waals surface area contributed by atoms with Gasteiger partial charge >= 0.3 is 11.9 Å². The predicted molar refractivity (Wildman–Crippen MR) is 46.5 cm³/mol. The van der Waals surface area contributed by atoms with Crippen LogP contribution in [0.5, 0.6) is 0 Å². The summed E-state index contributed by atoms with van der Waals surface area (Å²) in [6.45, 7) is 0.903. The maximum Gasteiger partial charge on any atom is 0.396 e. The van der Waals surface area contributed by atoms with Crippen LogP contribution in [0.1, 0.15) is 6.92 Å². The van der Waals surface area contributed by atoms with E-state index in [0.717, 1.165) is 0 Å². The Hall–Kier alpha value is -1.24. The molecule has 0 spiro atoms. The molecular weight excluding hydrogens is 212 g/mol. The minimum absolute atomic E-state index is 0.00956. The van der Waals surface area contributed by atoms with Gasteiger partial charge in [0.25, 0.3) is 6.43 Å². The molecule has 5 nitrogen and oxygen atoms in total. The van der Waals surface area contributed by atoms with Crippen molar-refractivity contribution in [3.05, 3.63) is 0 Å². The zero-order valence-electron chi connectivity index (χ0n) is 8.29. The first-order chi connectivity index (χ1) is 7.07. The molecule has 0 aromatic carbocycles. The van der Waals surface area contributed by atoms with E-state index in [1.165, 1.54) is 0 Å². The molecule has 0 fully saturated rings. The molecule has 0 unspecified atom stereocenters. The third-order valence-corrected chi connectivity index (χ3v) is 1.24. The van der Waals surface area contributed by atoms with E-state index in [1.807, 2.05) is 0 Å². The minimum atomic E-state index is -2.54. The molecule has 1 N–H and O–H groups in total. The molecule has 0 heterocycles. The van der Waals surface area contributed by atoms with Crippen molar-refractivity contribution in [2.45, 2.75) is 13.3 Å². The molecule has 0 aromatic rings. The maximum absolute atomic E-state index is 11.6. The molecule has 0 aliphatic heterocycles. The lowest BCUT2D eigenvalue weighted by molar-refractivity contribution is -0.154. The van der Waals surface area contributed by atoms with Crippen molar-refractivity contribution in [1.29, 1.82) is 0 Å². The first kappa shape index (κ1) is 13.8. The van der Waals surface area contributed by atoms with E-state index >= 15 is 0 Å². The number of carbonyl (C=O) groups is 2. The summed E-state index contributed by atoms with van der Waals surface area (Å²) >= 11 is 0. The summed E-state index contributed by atoms with van der Waals surface area (Å²) in [7, 11) is 0. The normalized spacial score (nSPS) is 10.1. The molecule has 0 aromatic heterocycles. The SMILES string of the molecule is CCOC(=O)C(=O)NCCOCC(F)F. The molecule has 0 rings (SSSR count). The summed E-state index contributed by atoms with van der Waals surface area (Å²) in [5.74, 6) is -1.90. The van der Waals surface area contributed by atoms with Gasteiger partial charge in [-0.1, -0.05) is 0 Å². The molecule has 0 saturated carbocycles. The molecule has 0 saturated heterocycles. The van der Waals surface area contributed by atoms with Crippen molar-refractivity contribution >= 4 is 11.9 Å². The van der Waals surface area contributed by atoms with Crippen molar-refractivity contribution in [3.8, 4) is 0 Å². The van der Waals surface area contributed by atoms with Crippen LogP contribution in [-0.4, -0.2) is 44.7 Å². The van der Waals surface area contributed by atoms with Crippen molar-refractivity contribution in [2.75, 3.05) is 26.4 Å². The Bertz CT molecular complexity index is 211. The molecular formula is C8H13F2NO4. The van der Waals surface area contributed by atoms with Gasteiger partial charge in [0.2, 0.25) is 0 Å². The number of amides is 1. The monoisotopic (exact) mass is 225 g/mol. The second-order valence-electron chi connectivity index (χ2n) is 2.44. The summed E-state index contributed by atoms with van der Waals surface area (Å²) in [5.41, 5.74) is 0. The van der Waals surface area contributed by atoms with Gasteiger partial charge in [-0.2, -0.15) is 0 Å². The number of halogens is 2. The average molecular weight is 225 g/mol. The number of carbonyl (C=O) groups excluding carboxylic acids is 2. The van der Waals surface area contributed by atoms with Gasteiger partial charge in [-0.3, -0.25) is 4.79 Å². The molecule has 0 bridgehead atoms. The second kappa shape index (κ2) is 8.10. The van der Waals surface area contributed by atoms with E-state index in [9.17, 15) is 18.4 Å². The van der Waals surface area contributed by atoms with Gasteiger partial charge in [-0.25, -0.2) is 13.6 Å². The number of ether oxygens (including phenoxy) is 2. The summed E-state index contributed by atoms with van der Waals surface area (Å²) in [4.78, 5) is 21.6. The Morgan fingerprint density at radius 1 is 1.40 bits per heavy atom. The summed E-state index contributed by atoms with van der Waals surface area (Å²) in [6.07, 6.45) is -2.54. The molecule has 1 amide bonds. The van der Waals surface area contributed by atoms with Gasteiger partial charge < -0.3 is 14.8 Å². The van der Waals surface area contributed by atoms with Crippen molar-refractivity contribution < 1.29 is 27.8 Å². The number of hydrogen-bond donors (Lipinski definition) is 1. The molecule has 88 valence electrons. The van der Waals surface area contributed by atoms with Crippen LogP contribution in [0.15, 0.2) is 0 Å². The molecule has 0 atom stereocenters. The molecule has 7 heteroatoms. The van der Waals surface area contributed by atoms with Gasteiger partial charge in [0.05, 0.1) is 13.2 Å². The Kier molecular flexibility index (Phi) is 7.43. The van der Waals surface area contributed by atoms with Crippen LogP contribution in [0.2, 0.25) is 0 Å². The van der Waals surface area contributed by atoms with E-state index < -0.39 is 24.9 Å². The smallest absolute Gasteiger partial charge is 0.396 e. The van der Waals surface area contributed by atoms with E-state index in [-0.39, 0.29) is 19.8 Å². The van der Waals surface area contributed by atoms with Gasteiger partial charge in [-0.05, 0) is 6.92 Å². The summed E-state index contributed by atoms with van der Waals surface area (Å²) < 4.78 is 32.0. The first-order valence-corrected chi connectivity index (χ1v) is 4.38. The standard InChI is InChI=1S/C8H13F2NO4/c1-2-15-8(13)7(12)11-3-4-14-5-6(9)10/h6H,2-5H2,1H3,(H,11,12). The Balaban J connectivity index is 3.43. The Morgan fingerprint density at radius 3 is 2.60 bits per heavy atom. The fourth-order valence-corrected chi connectivity index (χ4v) is 0.678. The van der Waals surface area contributed by atoms with Crippen LogP contribution in [0.3, 0.4) is 0 Å². The second-order valence-corrected chi connectivity index (χ2v) is 2.44. The summed E-state index contributed by atoms with van der Waals surface area (Å²) in [5, 5.41) is 2.16. The van der Waals surface area contributed by atoms with Crippen LogP contribution < -0.4 is 5.32 Å². The third kappa shape index (κ3) is 7.80. The number of alkyl halides is 2. The highest BCUT2D eigenvalue weighted by molar-refractivity contribution is 6.32. The summed E-state index contributed by atoms with van der Waals surface area (Å²) in [6, 6.07) is 0. The van der Waals surface area contributed by atoms with Gasteiger partial charge in [0.1, 0.15) is 6.61 Å². The lowest BCUT2D eigenvalue weighted by Crippen LogP contribution is -2.34. The minimum Gasteiger partial charge on any atom is -0.459 e. The molecule has 0 aliphatic carbocycles. The van der Waals surface area contributed by atoms with Crippen molar-refractivity contribution in [1.82, 2.24) is 5.32 Å². The molecule has 0 aliphatic rings. The van der Waals surface area contributed by atoms with Gasteiger partial charge in [0.15, 0.2) is 0 Å². The van der Waals surface area contributed by atoms with Crippen LogP contribution >= 0.6 is 0 Å². The largest absolute Gasteiger partial charge is 0.459 e. The third-order valence-electron chi connectivity index (χ3n) is 1.24. The van der Waals surface area contributed by atoms with E-state index in [4.69, 9.17) is 0 Å². The fourth-order valence-electron chi connectivity index (χ4n) is 0.678. The van der Waals surface area contributed by atoms with Crippen molar-refractivity contribution in [2.24, 2.45) is 0 Å². The maximum atomic E-state index is 11.6. The van der Waals surface area contributed by atoms with Crippen molar-refractivity contribution in [3.63, 3.8) is 0 Å².